The number of anilines is 1. The summed E-state index contributed by atoms with van der Waals surface area (Å²) in [6, 6.07) is 16.8. The maximum Gasteiger partial charge on any atom is 0.0936 e. The molecule has 0 aliphatic rings. The van der Waals surface area contributed by atoms with Crippen LogP contribution >= 0.6 is 15.9 Å². The highest BCUT2D eigenvalue weighted by molar-refractivity contribution is 9.10. The molecule has 0 spiro atoms. The zero-order valence-electron chi connectivity index (χ0n) is 12.2. The number of benzene rings is 2. The fraction of sp³-hybridized carbons (Fsp3) is 0.167. The summed E-state index contributed by atoms with van der Waals surface area (Å²) in [7, 11) is 0. The van der Waals surface area contributed by atoms with E-state index in [-0.39, 0.29) is 0 Å². The zero-order chi connectivity index (χ0) is 14.8. The van der Waals surface area contributed by atoms with Gasteiger partial charge in [-0.3, -0.25) is 4.98 Å². The Morgan fingerprint density at radius 2 is 1.90 bits per heavy atom. The Kier molecular flexibility index (Phi) is 3.93. The molecule has 0 aliphatic carbocycles. The fourth-order valence-corrected chi connectivity index (χ4v) is 2.76. The minimum atomic E-state index is 0.785. The molecule has 0 amide bonds. The number of halogens is 1. The monoisotopic (exact) mass is 340 g/mol. The van der Waals surface area contributed by atoms with Gasteiger partial charge in [-0.25, -0.2) is 0 Å². The summed E-state index contributed by atoms with van der Waals surface area (Å²) in [6.07, 6.45) is 0. The standard InChI is InChI=1S/C18H17BrN2/c1-12-6-8-14(10-16(12)19)11-20-17-5-3-4-15-9-7-13(2)21-18(15)17/h3-10,20H,11H2,1-2H3. The molecule has 3 rings (SSSR count). The first-order chi connectivity index (χ1) is 10.1. The average Bonchev–Trinajstić information content (AvgIpc) is 2.48. The maximum atomic E-state index is 4.65. The van der Waals surface area contributed by atoms with Crippen molar-refractivity contribution in [1.29, 1.82) is 0 Å². The van der Waals surface area contributed by atoms with Crippen molar-refractivity contribution in [3.63, 3.8) is 0 Å². The van der Waals surface area contributed by atoms with Crippen LogP contribution < -0.4 is 5.32 Å². The molecule has 2 aromatic carbocycles. The van der Waals surface area contributed by atoms with Crippen LogP contribution in [0.4, 0.5) is 5.69 Å². The van der Waals surface area contributed by atoms with Crippen LogP contribution in [0.2, 0.25) is 0 Å². The second-order valence-corrected chi connectivity index (χ2v) is 6.12. The topological polar surface area (TPSA) is 24.9 Å². The number of nitrogens with zero attached hydrogens (tertiary/aromatic N) is 1. The Morgan fingerprint density at radius 1 is 1.05 bits per heavy atom. The van der Waals surface area contributed by atoms with Crippen molar-refractivity contribution in [3.05, 3.63) is 69.8 Å². The third-order valence-electron chi connectivity index (χ3n) is 3.58. The lowest BCUT2D eigenvalue weighted by molar-refractivity contribution is 1.14. The predicted molar refractivity (Wildman–Crippen MR) is 92.7 cm³/mol. The van der Waals surface area contributed by atoms with Gasteiger partial charge in [0.25, 0.3) is 0 Å². The molecule has 0 unspecified atom stereocenters. The molecular weight excluding hydrogens is 324 g/mol. The first-order valence-corrected chi connectivity index (χ1v) is 7.78. The van der Waals surface area contributed by atoms with Crippen molar-refractivity contribution in [2.75, 3.05) is 5.32 Å². The van der Waals surface area contributed by atoms with Crippen LogP contribution in [0, 0.1) is 13.8 Å². The summed E-state index contributed by atoms with van der Waals surface area (Å²) < 4.78 is 1.15. The second kappa shape index (κ2) is 5.86. The molecule has 1 heterocycles. The molecule has 0 saturated carbocycles. The van der Waals surface area contributed by atoms with Gasteiger partial charge in [-0.05, 0) is 43.2 Å². The minimum absolute atomic E-state index is 0.785. The van der Waals surface area contributed by atoms with Gasteiger partial charge in [-0.15, -0.1) is 0 Å². The maximum absolute atomic E-state index is 4.65. The van der Waals surface area contributed by atoms with E-state index in [1.807, 2.05) is 13.0 Å². The van der Waals surface area contributed by atoms with Crippen LogP contribution in [0.3, 0.4) is 0 Å². The summed E-state index contributed by atoms with van der Waals surface area (Å²) in [5.74, 6) is 0. The van der Waals surface area contributed by atoms with Gasteiger partial charge in [0.05, 0.1) is 11.2 Å². The largest absolute Gasteiger partial charge is 0.379 e. The normalized spacial score (nSPS) is 10.8. The van der Waals surface area contributed by atoms with E-state index >= 15 is 0 Å². The number of aromatic nitrogens is 1. The van der Waals surface area contributed by atoms with E-state index in [0.717, 1.165) is 33.3 Å². The lowest BCUT2D eigenvalue weighted by Gasteiger charge is -2.10. The Labute approximate surface area is 133 Å². The molecule has 3 heteroatoms. The zero-order valence-corrected chi connectivity index (χ0v) is 13.7. The van der Waals surface area contributed by atoms with Gasteiger partial charge >= 0.3 is 0 Å². The molecule has 1 aromatic heterocycles. The van der Waals surface area contributed by atoms with Crippen molar-refractivity contribution in [3.8, 4) is 0 Å². The molecule has 2 nitrogen and oxygen atoms in total. The number of hydrogen-bond acceptors (Lipinski definition) is 2. The quantitative estimate of drug-likeness (QED) is 0.706. The van der Waals surface area contributed by atoms with Gasteiger partial charge in [0, 0.05) is 22.1 Å². The molecule has 0 aliphatic heterocycles. The Bertz CT molecular complexity index is 796. The van der Waals surface area contributed by atoms with E-state index in [1.165, 1.54) is 11.1 Å². The molecule has 0 bridgehead atoms. The van der Waals surface area contributed by atoms with Crippen LogP contribution in [0.1, 0.15) is 16.8 Å². The van der Waals surface area contributed by atoms with Crippen molar-refractivity contribution in [2.45, 2.75) is 20.4 Å². The SMILES string of the molecule is Cc1ccc2cccc(NCc3ccc(C)c(Br)c3)c2n1. The number of pyridine rings is 1. The third kappa shape index (κ3) is 3.08. The summed E-state index contributed by atoms with van der Waals surface area (Å²) in [6.45, 7) is 4.90. The predicted octanol–water partition coefficient (Wildman–Crippen LogP) is 5.23. The van der Waals surface area contributed by atoms with Crippen molar-refractivity contribution >= 4 is 32.5 Å². The number of hydrogen-bond donors (Lipinski definition) is 1. The van der Waals surface area contributed by atoms with E-state index in [0.29, 0.717) is 0 Å². The summed E-state index contributed by atoms with van der Waals surface area (Å²) >= 11 is 3.58. The molecule has 0 saturated heterocycles. The smallest absolute Gasteiger partial charge is 0.0936 e. The number of fused-ring (bicyclic) bond motifs is 1. The molecule has 1 N–H and O–H groups in total. The van der Waals surface area contributed by atoms with E-state index in [1.54, 1.807) is 0 Å². The number of nitrogens with one attached hydrogen (secondary N) is 1. The highest BCUT2D eigenvalue weighted by atomic mass is 79.9. The Hall–Kier alpha value is -1.87. The second-order valence-electron chi connectivity index (χ2n) is 5.27. The molecular formula is C18H17BrN2. The highest BCUT2D eigenvalue weighted by Crippen LogP contribution is 2.23. The first-order valence-electron chi connectivity index (χ1n) is 6.99. The van der Waals surface area contributed by atoms with Gasteiger partial charge in [0.1, 0.15) is 0 Å². The Balaban J connectivity index is 1.88. The van der Waals surface area contributed by atoms with E-state index in [2.05, 4.69) is 75.6 Å². The lowest BCUT2D eigenvalue weighted by atomic mass is 10.1. The molecule has 106 valence electrons. The number of para-hydroxylation sites is 1. The minimum Gasteiger partial charge on any atom is -0.379 e. The van der Waals surface area contributed by atoms with Gasteiger partial charge in [-0.1, -0.05) is 46.3 Å². The van der Waals surface area contributed by atoms with Gasteiger partial charge in [-0.2, -0.15) is 0 Å². The van der Waals surface area contributed by atoms with Gasteiger partial charge in [0.2, 0.25) is 0 Å². The fourth-order valence-electron chi connectivity index (χ4n) is 2.33. The van der Waals surface area contributed by atoms with Gasteiger partial charge in [0.15, 0.2) is 0 Å². The molecule has 0 radical (unpaired) electrons. The van der Waals surface area contributed by atoms with Crippen LogP contribution in [0.15, 0.2) is 53.0 Å². The van der Waals surface area contributed by atoms with Crippen LogP contribution in [-0.4, -0.2) is 4.98 Å². The number of rotatable bonds is 3. The average molecular weight is 341 g/mol. The van der Waals surface area contributed by atoms with Crippen molar-refractivity contribution in [1.82, 2.24) is 4.98 Å². The van der Waals surface area contributed by atoms with E-state index in [9.17, 15) is 0 Å². The van der Waals surface area contributed by atoms with E-state index < -0.39 is 0 Å². The van der Waals surface area contributed by atoms with Crippen molar-refractivity contribution in [2.24, 2.45) is 0 Å². The first kappa shape index (κ1) is 14.1. The summed E-state index contributed by atoms with van der Waals surface area (Å²) in [5.41, 5.74) is 5.64. The van der Waals surface area contributed by atoms with Gasteiger partial charge < -0.3 is 5.32 Å². The molecule has 21 heavy (non-hydrogen) atoms. The third-order valence-corrected chi connectivity index (χ3v) is 4.43. The van der Waals surface area contributed by atoms with Crippen molar-refractivity contribution < 1.29 is 0 Å². The van der Waals surface area contributed by atoms with Crippen LogP contribution in [-0.2, 0) is 6.54 Å². The van der Waals surface area contributed by atoms with E-state index in [4.69, 9.17) is 0 Å². The van der Waals surface area contributed by atoms with Crippen LogP contribution in [0.5, 0.6) is 0 Å². The summed E-state index contributed by atoms with van der Waals surface area (Å²) in [4.78, 5) is 4.65. The number of aryl methyl sites for hydroxylation is 2. The Morgan fingerprint density at radius 3 is 2.71 bits per heavy atom. The lowest BCUT2D eigenvalue weighted by Crippen LogP contribution is -2.01. The summed E-state index contributed by atoms with van der Waals surface area (Å²) in [5, 5.41) is 4.66. The van der Waals surface area contributed by atoms with Crippen LogP contribution in [0.25, 0.3) is 10.9 Å². The molecule has 0 fully saturated rings. The highest BCUT2D eigenvalue weighted by Gasteiger charge is 2.03. The molecule has 3 aromatic rings. The molecule has 0 atom stereocenters.